The second-order valence-corrected chi connectivity index (χ2v) is 4.04. The number of hydrogen-bond donors (Lipinski definition) is 1. The first kappa shape index (κ1) is 12.5. The summed E-state index contributed by atoms with van der Waals surface area (Å²) in [5.74, 6) is 0. The molecule has 1 aromatic rings. The molecule has 0 aromatic heterocycles. The van der Waals surface area contributed by atoms with Crippen molar-refractivity contribution in [2.75, 3.05) is 20.8 Å². The van der Waals surface area contributed by atoms with Crippen LogP contribution in [0.4, 0.5) is 0 Å². The summed E-state index contributed by atoms with van der Waals surface area (Å²) >= 11 is 5.82. The van der Waals surface area contributed by atoms with Crippen LogP contribution < -0.4 is 5.32 Å². The number of ether oxygens (including phenoxy) is 1. The molecule has 0 fully saturated rings. The van der Waals surface area contributed by atoms with Crippen LogP contribution in [0.1, 0.15) is 12.0 Å². The van der Waals surface area contributed by atoms with E-state index in [-0.39, 0.29) is 0 Å². The van der Waals surface area contributed by atoms with Crippen molar-refractivity contribution in [3.8, 4) is 0 Å². The Morgan fingerprint density at radius 3 is 2.53 bits per heavy atom. The number of benzene rings is 1. The smallest absolute Gasteiger partial charge is 0.0615 e. The Kier molecular flexibility index (Phi) is 5.69. The number of hydrogen-bond acceptors (Lipinski definition) is 2. The van der Waals surface area contributed by atoms with Crippen molar-refractivity contribution in [1.82, 2.24) is 5.32 Å². The van der Waals surface area contributed by atoms with Gasteiger partial charge in [-0.1, -0.05) is 23.7 Å². The minimum atomic E-state index is 0.422. The Balaban J connectivity index is 2.38. The second kappa shape index (κ2) is 6.83. The summed E-state index contributed by atoms with van der Waals surface area (Å²) in [5, 5.41) is 4.03. The predicted octanol–water partition coefficient (Wildman–Crippen LogP) is 2.51. The average molecular weight is 228 g/mol. The Hall–Kier alpha value is -0.570. The molecule has 1 aromatic carbocycles. The summed E-state index contributed by atoms with van der Waals surface area (Å²) < 4.78 is 5.12. The Morgan fingerprint density at radius 1 is 1.33 bits per heavy atom. The number of halogens is 1. The van der Waals surface area contributed by atoms with Crippen molar-refractivity contribution in [3.05, 3.63) is 34.9 Å². The molecule has 1 unspecified atom stereocenters. The van der Waals surface area contributed by atoms with E-state index in [9.17, 15) is 0 Å². The first-order valence-electron chi connectivity index (χ1n) is 5.17. The van der Waals surface area contributed by atoms with Gasteiger partial charge in [0.15, 0.2) is 0 Å². The van der Waals surface area contributed by atoms with Crippen LogP contribution in [0.2, 0.25) is 5.02 Å². The Labute approximate surface area is 96.6 Å². The van der Waals surface area contributed by atoms with Crippen LogP contribution in [-0.4, -0.2) is 26.8 Å². The van der Waals surface area contributed by atoms with E-state index in [1.165, 1.54) is 5.56 Å². The Bertz CT molecular complexity index is 273. The number of likely N-dealkylation sites (N-methyl/N-ethyl adjacent to an activating group) is 1. The standard InChI is InChI=1S/C12H18ClNO/c1-14-12(9-15-2)8-5-10-3-6-11(13)7-4-10/h3-4,6-7,12,14H,5,8-9H2,1-2H3. The summed E-state index contributed by atoms with van der Waals surface area (Å²) in [7, 11) is 3.69. The fraction of sp³-hybridized carbons (Fsp3) is 0.500. The molecule has 1 rings (SSSR count). The highest BCUT2D eigenvalue weighted by molar-refractivity contribution is 6.30. The van der Waals surface area contributed by atoms with Gasteiger partial charge in [0.2, 0.25) is 0 Å². The lowest BCUT2D eigenvalue weighted by atomic mass is 10.1. The molecule has 0 saturated heterocycles. The van der Waals surface area contributed by atoms with Gasteiger partial charge in [-0.25, -0.2) is 0 Å². The topological polar surface area (TPSA) is 21.3 Å². The van der Waals surface area contributed by atoms with E-state index in [0.29, 0.717) is 6.04 Å². The zero-order valence-electron chi connectivity index (χ0n) is 9.29. The first-order chi connectivity index (χ1) is 7.26. The zero-order valence-corrected chi connectivity index (χ0v) is 10.1. The third-order valence-electron chi connectivity index (χ3n) is 2.47. The predicted molar refractivity (Wildman–Crippen MR) is 64.5 cm³/mol. The normalized spacial score (nSPS) is 12.7. The second-order valence-electron chi connectivity index (χ2n) is 3.61. The maximum Gasteiger partial charge on any atom is 0.0615 e. The lowest BCUT2D eigenvalue weighted by Crippen LogP contribution is -2.30. The van der Waals surface area contributed by atoms with Gasteiger partial charge in [-0.3, -0.25) is 0 Å². The van der Waals surface area contributed by atoms with Crippen LogP contribution in [0, 0.1) is 0 Å². The molecular formula is C12H18ClNO. The van der Waals surface area contributed by atoms with E-state index in [4.69, 9.17) is 16.3 Å². The molecule has 2 nitrogen and oxygen atoms in total. The summed E-state index contributed by atoms with van der Waals surface area (Å²) in [6.45, 7) is 0.754. The summed E-state index contributed by atoms with van der Waals surface area (Å²) in [6, 6.07) is 8.43. The lowest BCUT2D eigenvalue weighted by molar-refractivity contribution is 0.166. The molecule has 15 heavy (non-hydrogen) atoms. The Morgan fingerprint density at radius 2 is 2.00 bits per heavy atom. The molecule has 3 heteroatoms. The molecule has 0 aliphatic rings. The van der Waals surface area contributed by atoms with Gasteiger partial charge in [0.25, 0.3) is 0 Å². The van der Waals surface area contributed by atoms with Gasteiger partial charge in [0, 0.05) is 18.2 Å². The van der Waals surface area contributed by atoms with Crippen LogP contribution in [0.3, 0.4) is 0 Å². The minimum Gasteiger partial charge on any atom is -0.383 e. The van der Waals surface area contributed by atoms with Crippen LogP contribution in [0.15, 0.2) is 24.3 Å². The molecule has 0 amide bonds. The maximum absolute atomic E-state index is 5.82. The zero-order chi connectivity index (χ0) is 11.1. The van der Waals surface area contributed by atoms with Gasteiger partial charge in [0.05, 0.1) is 6.61 Å². The molecule has 0 radical (unpaired) electrons. The van der Waals surface area contributed by atoms with E-state index >= 15 is 0 Å². The monoisotopic (exact) mass is 227 g/mol. The summed E-state index contributed by atoms with van der Waals surface area (Å²) in [5.41, 5.74) is 1.32. The molecule has 0 spiro atoms. The molecule has 84 valence electrons. The van der Waals surface area contributed by atoms with E-state index in [2.05, 4.69) is 17.4 Å². The van der Waals surface area contributed by atoms with Crippen molar-refractivity contribution in [2.45, 2.75) is 18.9 Å². The van der Waals surface area contributed by atoms with Crippen LogP contribution in [0.5, 0.6) is 0 Å². The van der Waals surface area contributed by atoms with Crippen molar-refractivity contribution < 1.29 is 4.74 Å². The third-order valence-corrected chi connectivity index (χ3v) is 2.72. The van der Waals surface area contributed by atoms with E-state index in [0.717, 1.165) is 24.5 Å². The lowest BCUT2D eigenvalue weighted by Gasteiger charge is -2.14. The number of aryl methyl sites for hydroxylation is 1. The van der Waals surface area contributed by atoms with Crippen molar-refractivity contribution in [1.29, 1.82) is 0 Å². The fourth-order valence-electron chi connectivity index (χ4n) is 1.50. The molecule has 1 atom stereocenters. The fourth-order valence-corrected chi connectivity index (χ4v) is 1.63. The number of methoxy groups -OCH3 is 1. The first-order valence-corrected chi connectivity index (χ1v) is 5.54. The molecular weight excluding hydrogens is 210 g/mol. The van der Waals surface area contributed by atoms with Crippen molar-refractivity contribution in [2.24, 2.45) is 0 Å². The van der Waals surface area contributed by atoms with Gasteiger partial charge in [-0.05, 0) is 37.6 Å². The van der Waals surface area contributed by atoms with E-state index < -0.39 is 0 Å². The van der Waals surface area contributed by atoms with Gasteiger partial charge in [-0.2, -0.15) is 0 Å². The largest absolute Gasteiger partial charge is 0.383 e. The van der Waals surface area contributed by atoms with Crippen molar-refractivity contribution >= 4 is 11.6 Å². The molecule has 0 saturated carbocycles. The van der Waals surface area contributed by atoms with Gasteiger partial charge >= 0.3 is 0 Å². The number of rotatable bonds is 6. The van der Waals surface area contributed by atoms with E-state index in [1.807, 2.05) is 19.2 Å². The highest BCUT2D eigenvalue weighted by Gasteiger charge is 2.05. The summed E-state index contributed by atoms with van der Waals surface area (Å²) in [6.07, 6.45) is 2.12. The molecule has 0 aliphatic carbocycles. The highest BCUT2D eigenvalue weighted by atomic mass is 35.5. The number of nitrogens with one attached hydrogen (secondary N) is 1. The van der Waals surface area contributed by atoms with Gasteiger partial charge in [-0.15, -0.1) is 0 Å². The average Bonchev–Trinajstić information content (AvgIpc) is 2.26. The van der Waals surface area contributed by atoms with Crippen LogP contribution >= 0.6 is 11.6 Å². The molecule has 0 heterocycles. The highest BCUT2D eigenvalue weighted by Crippen LogP contribution is 2.11. The minimum absolute atomic E-state index is 0.422. The summed E-state index contributed by atoms with van der Waals surface area (Å²) in [4.78, 5) is 0. The van der Waals surface area contributed by atoms with Gasteiger partial charge in [0.1, 0.15) is 0 Å². The molecule has 0 bridgehead atoms. The molecule has 0 aliphatic heterocycles. The quantitative estimate of drug-likeness (QED) is 0.807. The van der Waals surface area contributed by atoms with Gasteiger partial charge < -0.3 is 10.1 Å². The molecule has 1 N–H and O–H groups in total. The SMILES string of the molecule is CNC(CCc1ccc(Cl)cc1)COC. The van der Waals surface area contributed by atoms with Crippen LogP contribution in [-0.2, 0) is 11.2 Å². The van der Waals surface area contributed by atoms with Crippen LogP contribution in [0.25, 0.3) is 0 Å². The third kappa shape index (κ3) is 4.65. The van der Waals surface area contributed by atoms with Crippen molar-refractivity contribution in [3.63, 3.8) is 0 Å². The maximum atomic E-state index is 5.82. The van der Waals surface area contributed by atoms with E-state index in [1.54, 1.807) is 7.11 Å².